The van der Waals surface area contributed by atoms with E-state index < -0.39 is 0 Å². The van der Waals surface area contributed by atoms with E-state index in [1.807, 2.05) is 36.4 Å². The Morgan fingerprint density at radius 1 is 1.12 bits per heavy atom. The molecule has 1 aliphatic heterocycles. The van der Waals surface area contributed by atoms with E-state index in [2.05, 4.69) is 21.6 Å². The van der Waals surface area contributed by atoms with Gasteiger partial charge in [-0.05, 0) is 48.2 Å². The van der Waals surface area contributed by atoms with Crippen molar-refractivity contribution in [2.45, 2.75) is 26.3 Å². The predicted octanol–water partition coefficient (Wildman–Crippen LogP) is 2.96. The molecular formula is C20H23N3O2. The van der Waals surface area contributed by atoms with Crippen molar-refractivity contribution in [2.75, 3.05) is 23.8 Å². The van der Waals surface area contributed by atoms with Crippen molar-refractivity contribution in [3.05, 3.63) is 59.2 Å². The van der Waals surface area contributed by atoms with Crippen molar-refractivity contribution in [1.82, 2.24) is 5.32 Å². The molecule has 1 heterocycles. The van der Waals surface area contributed by atoms with Crippen LogP contribution in [0.5, 0.6) is 0 Å². The Balaban J connectivity index is 1.81. The quantitative estimate of drug-likeness (QED) is 0.902. The van der Waals surface area contributed by atoms with E-state index in [9.17, 15) is 9.59 Å². The number of carbonyl (C=O) groups is 2. The molecule has 25 heavy (non-hydrogen) atoms. The summed E-state index contributed by atoms with van der Waals surface area (Å²) in [7, 11) is 1.63. The SMILES string of the molecule is CNC(=O)c1ccc(CN2CCCc3c(NC(C)=O)cccc32)cc1. The minimum absolute atomic E-state index is 0.0460. The third-order valence-corrected chi connectivity index (χ3v) is 4.47. The molecule has 0 fully saturated rings. The largest absolute Gasteiger partial charge is 0.367 e. The van der Waals surface area contributed by atoms with Crippen LogP contribution in [0.3, 0.4) is 0 Å². The van der Waals surface area contributed by atoms with Gasteiger partial charge in [0.05, 0.1) is 0 Å². The average molecular weight is 337 g/mol. The lowest BCUT2D eigenvalue weighted by Crippen LogP contribution is -2.29. The first-order chi connectivity index (χ1) is 12.1. The Labute approximate surface area is 148 Å². The zero-order chi connectivity index (χ0) is 17.8. The maximum Gasteiger partial charge on any atom is 0.251 e. The first kappa shape index (κ1) is 17.0. The van der Waals surface area contributed by atoms with Crippen LogP contribution in [0.1, 0.15) is 34.8 Å². The van der Waals surface area contributed by atoms with E-state index in [-0.39, 0.29) is 11.8 Å². The van der Waals surface area contributed by atoms with Crippen molar-refractivity contribution < 1.29 is 9.59 Å². The highest BCUT2D eigenvalue weighted by Crippen LogP contribution is 2.33. The van der Waals surface area contributed by atoms with Gasteiger partial charge in [-0.15, -0.1) is 0 Å². The molecule has 0 saturated heterocycles. The van der Waals surface area contributed by atoms with Crippen molar-refractivity contribution >= 4 is 23.2 Å². The molecule has 0 saturated carbocycles. The topological polar surface area (TPSA) is 61.4 Å². The molecule has 2 aromatic carbocycles. The van der Waals surface area contributed by atoms with E-state index >= 15 is 0 Å². The van der Waals surface area contributed by atoms with E-state index in [1.54, 1.807) is 7.05 Å². The molecule has 0 unspecified atom stereocenters. The maximum absolute atomic E-state index is 11.6. The normalized spacial score (nSPS) is 13.1. The zero-order valence-electron chi connectivity index (χ0n) is 14.6. The molecule has 5 nitrogen and oxygen atoms in total. The molecule has 0 spiro atoms. The van der Waals surface area contributed by atoms with Gasteiger partial charge in [0.1, 0.15) is 0 Å². The molecule has 130 valence electrons. The molecule has 1 aliphatic rings. The Morgan fingerprint density at radius 3 is 2.56 bits per heavy atom. The van der Waals surface area contributed by atoms with Crippen LogP contribution < -0.4 is 15.5 Å². The molecule has 0 atom stereocenters. The average Bonchev–Trinajstić information content (AvgIpc) is 2.62. The zero-order valence-corrected chi connectivity index (χ0v) is 14.6. The minimum Gasteiger partial charge on any atom is -0.367 e. The van der Waals surface area contributed by atoms with Crippen molar-refractivity contribution in [1.29, 1.82) is 0 Å². The number of amides is 2. The summed E-state index contributed by atoms with van der Waals surface area (Å²) in [5.41, 5.74) is 5.10. The Hall–Kier alpha value is -2.82. The summed E-state index contributed by atoms with van der Waals surface area (Å²) in [5, 5.41) is 5.57. The molecule has 2 N–H and O–H groups in total. The van der Waals surface area contributed by atoms with Gasteiger partial charge in [0, 0.05) is 44.0 Å². The molecule has 0 bridgehead atoms. The van der Waals surface area contributed by atoms with E-state index in [4.69, 9.17) is 0 Å². The Morgan fingerprint density at radius 2 is 1.88 bits per heavy atom. The van der Waals surface area contributed by atoms with Crippen molar-refractivity contribution in [2.24, 2.45) is 0 Å². The van der Waals surface area contributed by atoms with Crippen molar-refractivity contribution in [3.63, 3.8) is 0 Å². The van der Waals surface area contributed by atoms with E-state index in [1.165, 1.54) is 18.2 Å². The summed E-state index contributed by atoms with van der Waals surface area (Å²) in [6.45, 7) is 3.30. The number of nitrogens with one attached hydrogen (secondary N) is 2. The number of anilines is 2. The molecular weight excluding hydrogens is 314 g/mol. The number of hydrogen-bond acceptors (Lipinski definition) is 3. The molecule has 3 rings (SSSR count). The number of fused-ring (bicyclic) bond motifs is 1. The van der Waals surface area contributed by atoms with Crippen LogP contribution in [0.2, 0.25) is 0 Å². The highest BCUT2D eigenvalue weighted by molar-refractivity contribution is 5.94. The highest BCUT2D eigenvalue weighted by atomic mass is 16.2. The summed E-state index contributed by atoms with van der Waals surface area (Å²) in [5.74, 6) is -0.120. The second-order valence-corrected chi connectivity index (χ2v) is 6.29. The number of hydrogen-bond donors (Lipinski definition) is 2. The second-order valence-electron chi connectivity index (χ2n) is 6.29. The monoisotopic (exact) mass is 337 g/mol. The lowest BCUT2D eigenvalue weighted by atomic mass is 9.98. The van der Waals surface area contributed by atoms with Crippen LogP contribution in [-0.2, 0) is 17.8 Å². The van der Waals surface area contributed by atoms with Crippen LogP contribution in [0.15, 0.2) is 42.5 Å². The van der Waals surface area contributed by atoms with Crippen LogP contribution >= 0.6 is 0 Å². The minimum atomic E-state index is -0.0742. The third kappa shape index (κ3) is 3.82. The van der Waals surface area contributed by atoms with Gasteiger partial charge < -0.3 is 15.5 Å². The summed E-state index contributed by atoms with van der Waals surface area (Å²) in [6, 6.07) is 13.8. The van der Waals surface area contributed by atoms with Gasteiger partial charge in [-0.25, -0.2) is 0 Å². The maximum atomic E-state index is 11.6. The summed E-state index contributed by atoms with van der Waals surface area (Å²) >= 11 is 0. The molecule has 0 aliphatic carbocycles. The third-order valence-electron chi connectivity index (χ3n) is 4.47. The molecule has 2 aromatic rings. The first-order valence-corrected chi connectivity index (χ1v) is 8.54. The van der Waals surface area contributed by atoms with Crippen molar-refractivity contribution in [3.8, 4) is 0 Å². The van der Waals surface area contributed by atoms with Gasteiger partial charge in [0.15, 0.2) is 0 Å². The molecule has 5 heteroatoms. The fraction of sp³-hybridized carbons (Fsp3) is 0.300. The predicted molar refractivity (Wildman–Crippen MR) is 99.9 cm³/mol. The first-order valence-electron chi connectivity index (χ1n) is 8.54. The Bertz CT molecular complexity index is 784. The van der Waals surface area contributed by atoms with Gasteiger partial charge in [-0.3, -0.25) is 9.59 Å². The number of benzene rings is 2. The van der Waals surface area contributed by atoms with Gasteiger partial charge in [0.2, 0.25) is 5.91 Å². The summed E-state index contributed by atoms with van der Waals surface area (Å²) in [6.07, 6.45) is 2.03. The summed E-state index contributed by atoms with van der Waals surface area (Å²) < 4.78 is 0. The smallest absolute Gasteiger partial charge is 0.251 e. The van der Waals surface area contributed by atoms with Crippen LogP contribution in [0.25, 0.3) is 0 Å². The van der Waals surface area contributed by atoms with Gasteiger partial charge in [0.25, 0.3) is 5.91 Å². The van der Waals surface area contributed by atoms with Gasteiger partial charge >= 0.3 is 0 Å². The number of nitrogens with zero attached hydrogens (tertiary/aromatic N) is 1. The fourth-order valence-electron chi connectivity index (χ4n) is 3.30. The van der Waals surface area contributed by atoms with E-state index in [0.717, 1.165) is 37.2 Å². The van der Waals surface area contributed by atoms with Crippen LogP contribution in [0.4, 0.5) is 11.4 Å². The van der Waals surface area contributed by atoms with E-state index in [0.29, 0.717) is 5.56 Å². The lowest BCUT2D eigenvalue weighted by molar-refractivity contribution is -0.114. The second kappa shape index (κ2) is 7.38. The summed E-state index contributed by atoms with van der Waals surface area (Å²) in [4.78, 5) is 25.4. The lowest BCUT2D eigenvalue weighted by Gasteiger charge is -2.32. The van der Waals surface area contributed by atoms with Gasteiger partial charge in [-0.1, -0.05) is 18.2 Å². The number of rotatable bonds is 4. The molecule has 2 amide bonds. The molecule has 0 radical (unpaired) electrons. The van der Waals surface area contributed by atoms with Crippen LogP contribution in [-0.4, -0.2) is 25.4 Å². The van der Waals surface area contributed by atoms with Crippen LogP contribution in [0, 0.1) is 0 Å². The molecule has 0 aromatic heterocycles. The fourth-order valence-corrected chi connectivity index (χ4v) is 3.30. The van der Waals surface area contributed by atoms with Gasteiger partial charge in [-0.2, -0.15) is 0 Å². The standard InChI is InChI=1S/C20H23N3O2/c1-14(24)22-18-6-3-7-19-17(18)5-4-12-23(19)13-15-8-10-16(11-9-15)20(25)21-2/h3,6-11H,4-5,12-13H2,1-2H3,(H,21,25)(H,22,24). The Kier molecular flexibility index (Phi) is 5.03. The number of carbonyl (C=O) groups excluding carboxylic acids is 2. The highest BCUT2D eigenvalue weighted by Gasteiger charge is 2.20.